The van der Waals surface area contributed by atoms with Crippen LogP contribution in [0.3, 0.4) is 0 Å². The van der Waals surface area contributed by atoms with E-state index in [2.05, 4.69) is 9.97 Å². The first kappa shape index (κ1) is 16.7. The summed E-state index contributed by atoms with van der Waals surface area (Å²) in [6.07, 6.45) is 3.47. The number of fused-ring (bicyclic) bond motifs is 1. The van der Waals surface area contributed by atoms with Gasteiger partial charge >= 0.3 is 0 Å². The first-order valence-electron chi connectivity index (χ1n) is 7.61. The summed E-state index contributed by atoms with van der Waals surface area (Å²) in [6, 6.07) is 7.60. The monoisotopic (exact) mass is 340 g/mol. The number of ether oxygens (including phenoxy) is 2. The van der Waals surface area contributed by atoms with Crippen molar-refractivity contribution < 1.29 is 18.7 Å². The minimum Gasteiger partial charge on any atom is -0.481 e. The number of allylic oxidation sites excluding steroid dienone is 1. The number of aromatic nitrogens is 2. The molecule has 1 N–H and O–H groups in total. The van der Waals surface area contributed by atoms with Crippen molar-refractivity contribution in [2.45, 2.75) is 6.92 Å². The number of pyridine rings is 1. The van der Waals surface area contributed by atoms with Crippen LogP contribution in [-0.4, -0.2) is 30.0 Å². The average molecular weight is 340 g/mol. The Labute approximate surface area is 144 Å². The first-order valence-corrected chi connectivity index (χ1v) is 7.61. The molecule has 0 fully saturated rings. The molecule has 0 atom stereocenters. The number of halogens is 1. The van der Waals surface area contributed by atoms with E-state index in [0.29, 0.717) is 22.9 Å². The molecule has 0 amide bonds. The quantitative estimate of drug-likeness (QED) is 0.563. The molecule has 0 aliphatic rings. The maximum Gasteiger partial charge on any atom is 0.216 e. The van der Waals surface area contributed by atoms with Gasteiger partial charge in [-0.1, -0.05) is 0 Å². The molecule has 0 spiro atoms. The van der Waals surface area contributed by atoms with E-state index in [1.54, 1.807) is 37.4 Å². The van der Waals surface area contributed by atoms with Crippen LogP contribution in [-0.2, 0) is 0 Å². The third-order valence-electron chi connectivity index (χ3n) is 3.86. The molecule has 3 rings (SSSR count). The van der Waals surface area contributed by atoms with Crippen LogP contribution < -0.4 is 9.47 Å². The van der Waals surface area contributed by atoms with E-state index in [4.69, 9.17) is 9.47 Å². The zero-order chi connectivity index (χ0) is 18.0. The summed E-state index contributed by atoms with van der Waals surface area (Å²) in [6.45, 7) is 1.71. The predicted octanol–water partition coefficient (Wildman–Crippen LogP) is 4.01. The molecule has 25 heavy (non-hydrogen) atoms. The molecular weight excluding hydrogens is 323 g/mol. The van der Waals surface area contributed by atoms with Gasteiger partial charge in [-0.2, -0.15) is 4.98 Å². The number of nitrogens with one attached hydrogen (secondary N) is 1. The number of benzene rings is 1. The Kier molecular flexibility index (Phi) is 4.52. The van der Waals surface area contributed by atoms with Crippen molar-refractivity contribution in [2.75, 3.05) is 14.2 Å². The first-order chi connectivity index (χ1) is 12.0. The van der Waals surface area contributed by atoms with E-state index < -0.39 is 0 Å². The molecule has 128 valence electrons. The number of carbonyl (C=O) groups is 1. The Morgan fingerprint density at radius 3 is 2.48 bits per heavy atom. The Hall–Kier alpha value is -3.15. The van der Waals surface area contributed by atoms with Gasteiger partial charge in [0.1, 0.15) is 5.82 Å². The fraction of sp³-hybridized carbons (Fsp3) is 0.158. The second-order valence-corrected chi connectivity index (χ2v) is 5.53. The SMILES string of the molecule is COc1cc(C(=O)/C(C)=C/c2c[nH]c3ccc(F)cc23)cc(OC)n1. The fourth-order valence-corrected chi connectivity index (χ4v) is 2.58. The summed E-state index contributed by atoms with van der Waals surface area (Å²) in [5, 5.41) is 0.719. The predicted molar refractivity (Wildman–Crippen MR) is 93.6 cm³/mol. The van der Waals surface area contributed by atoms with Crippen LogP contribution in [0, 0.1) is 5.82 Å². The third-order valence-corrected chi connectivity index (χ3v) is 3.86. The van der Waals surface area contributed by atoms with Crippen molar-refractivity contribution >= 4 is 22.8 Å². The molecule has 0 unspecified atom stereocenters. The van der Waals surface area contributed by atoms with Crippen molar-refractivity contribution in [1.82, 2.24) is 9.97 Å². The lowest BCUT2D eigenvalue weighted by atomic mass is 10.0. The number of nitrogens with zero attached hydrogens (tertiary/aromatic N) is 1. The van der Waals surface area contributed by atoms with Crippen LogP contribution in [0.2, 0.25) is 0 Å². The summed E-state index contributed by atoms with van der Waals surface area (Å²) in [4.78, 5) is 19.9. The van der Waals surface area contributed by atoms with Gasteiger partial charge in [0, 0.05) is 40.4 Å². The molecule has 0 saturated heterocycles. The van der Waals surface area contributed by atoms with Gasteiger partial charge < -0.3 is 14.5 Å². The normalized spacial score (nSPS) is 11.6. The average Bonchev–Trinajstić information content (AvgIpc) is 3.02. The number of ketones is 1. The van der Waals surface area contributed by atoms with Gasteiger partial charge in [-0.15, -0.1) is 0 Å². The van der Waals surface area contributed by atoms with Crippen molar-refractivity contribution in [3.8, 4) is 11.8 Å². The van der Waals surface area contributed by atoms with E-state index in [9.17, 15) is 9.18 Å². The summed E-state index contributed by atoms with van der Waals surface area (Å²) < 4.78 is 23.7. The fourth-order valence-electron chi connectivity index (χ4n) is 2.58. The standard InChI is InChI=1S/C19H17FN2O3/c1-11(6-13-10-21-16-5-4-14(20)9-15(13)16)19(23)12-7-17(24-2)22-18(8-12)25-3/h4-10,21H,1-3H3/b11-6+. The lowest BCUT2D eigenvalue weighted by molar-refractivity contribution is 0.103. The maximum absolute atomic E-state index is 13.5. The van der Waals surface area contributed by atoms with E-state index >= 15 is 0 Å². The minimum atomic E-state index is -0.325. The molecule has 0 bridgehead atoms. The summed E-state index contributed by atoms with van der Waals surface area (Å²) in [5.41, 5.74) is 2.46. The minimum absolute atomic E-state index is 0.190. The summed E-state index contributed by atoms with van der Waals surface area (Å²) >= 11 is 0. The highest BCUT2D eigenvalue weighted by molar-refractivity contribution is 6.12. The van der Waals surface area contributed by atoms with E-state index in [-0.39, 0.29) is 11.6 Å². The number of H-pyrrole nitrogens is 1. The Morgan fingerprint density at radius 1 is 1.16 bits per heavy atom. The summed E-state index contributed by atoms with van der Waals surface area (Å²) in [7, 11) is 2.94. The summed E-state index contributed by atoms with van der Waals surface area (Å²) in [5.74, 6) is 0.0772. The number of hydrogen-bond acceptors (Lipinski definition) is 4. The highest BCUT2D eigenvalue weighted by Gasteiger charge is 2.13. The topological polar surface area (TPSA) is 64.2 Å². The molecule has 2 aromatic heterocycles. The van der Waals surface area contributed by atoms with E-state index in [1.807, 2.05) is 0 Å². The van der Waals surface area contributed by atoms with Crippen molar-refractivity contribution in [3.05, 3.63) is 59.0 Å². The van der Waals surface area contributed by atoms with Crippen molar-refractivity contribution in [3.63, 3.8) is 0 Å². The largest absolute Gasteiger partial charge is 0.481 e. The smallest absolute Gasteiger partial charge is 0.216 e. The number of carbonyl (C=O) groups excluding carboxylic acids is 1. The van der Waals surface area contributed by atoms with Gasteiger partial charge in [-0.05, 0) is 36.8 Å². The van der Waals surface area contributed by atoms with Gasteiger partial charge in [-0.25, -0.2) is 4.39 Å². The number of rotatable bonds is 5. The van der Waals surface area contributed by atoms with Crippen LogP contribution >= 0.6 is 0 Å². The number of aromatic amines is 1. The van der Waals surface area contributed by atoms with Gasteiger partial charge in [-0.3, -0.25) is 4.79 Å². The van der Waals surface area contributed by atoms with Gasteiger partial charge in [0.2, 0.25) is 11.8 Å². The van der Waals surface area contributed by atoms with Crippen molar-refractivity contribution in [1.29, 1.82) is 0 Å². The van der Waals surface area contributed by atoms with Crippen LogP contribution in [0.5, 0.6) is 11.8 Å². The van der Waals surface area contributed by atoms with E-state index in [1.165, 1.54) is 26.4 Å². The van der Waals surface area contributed by atoms with Crippen LogP contribution in [0.1, 0.15) is 22.8 Å². The van der Waals surface area contributed by atoms with E-state index in [0.717, 1.165) is 16.5 Å². The molecule has 3 aromatic rings. The van der Waals surface area contributed by atoms with Crippen LogP contribution in [0.25, 0.3) is 17.0 Å². The lowest BCUT2D eigenvalue weighted by Gasteiger charge is -2.07. The number of Topliss-reactive ketones (excluding diaryl/α,β-unsaturated/α-hetero) is 1. The zero-order valence-corrected chi connectivity index (χ0v) is 14.1. The Balaban J connectivity index is 1.99. The van der Waals surface area contributed by atoms with Crippen molar-refractivity contribution in [2.24, 2.45) is 0 Å². The lowest BCUT2D eigenvalue weighted by Crippen LogP contribution is -2.03. The third kappa shape index (κ3) is 3.38. The van der Waals surface area contributed by atoms with Crippen LogP contribution in [0.4, 0.5) is 4.39 Å². The second kappa shape index (κ2) is 6.76. The van der Waals surface area contributed by atoms with Gasteiger partial charge in [0.25, 0.3) is 0 Å². The molecule has 6 heteroatoms. The van der Waals surface area contributed by atoms with Gasteiger partial charge in [0.15, 0.2) is 5.78 Å². The zero-order valence-electron chi connectivity index (χ0n) is 14.1. The number of hydrogen-bond donors (Lipinski definition) is 1. The molecular formula is C19H17FN2O3. The highest BCUT2D eigenvalue weighted by Crippen LogP contribution is 2.24. The van der Waals surface area contributed by atoms with Gasteiger partial charge in [0.05, 0.1) is 14.2 Å². The van der Waals surface area contributed by atoms with Crippen LogP contribution in [0.15, 0.2) is 42.1 Å². The Morgan fingerprint density at radius 2 is 1.84 bits per heavy atom. The molecule has 0 aliphatic carbocycles. The molecule has 1 aromatic carbocycles. The molecule has 0 saturated carbocycles. The molecule has 2 heterocycles. The molecule has 0 radical (unpaired) electrons. The highest BCUT2D eigenvalue weighted by atomic mass is 19.1. The molecule has 5 nitrogen and oxygen atoms in total. The molecule has 0 aliphatic heterocycles. The second-order valence-electron chi connectivity index (χ2n) is 5.53. The Bertz CT molecular complexity index is 954. The maximum atomic E-state index is 13.5. The number of methoxy groups -OCH3 is 2.